The van der Waals surface area contributed by atoms with Crippen LogP contribution < -0.4 is 0 Å². The second-order valence-corrected chi connectivity index (χ2v) is 6.27. The third-order valence-electron chi connectivity index (χ3n) is 5.27. The highest BCUT2D eigenvalue weighted by molar-refractivity contribution is 5.34. The minimum absolute atomic E-state index is 0.194. The largest absolute Gasteiger partial charge is 0.469 e. The molecule has 0 bridgehead atoms. The van der Waals surface area contributed by atoms with Gasteiger partial charge in [-0.1, -0.05) is 37.3 Å². The zero-order valence-electron chi connectivity index (χ0n) is 11.8. The van der Waals surface area contributed by atoms with E-state index in [1.165, 1.54) is 16.9 Å². The zero-order valence-corrected chi connectivity index (χ0v) is 11.8. The molecule has 0 saturated carbocycles. The van der Waals surface area contributed by atoms with E-state index in [2.05, 4.69) is 43.3 Å². The maximum atomic E-state index is 6.16. The first-order chi connectivity index (χ1) is 9.79. The molecule has 0 N–H and O–H groups in total. The number of ether oxygens (including phenoxy) is 1. The summed E-state index contributed by atoms with van der Waals surface area (Å²) in [5.41, 5.74) is 2.92. The molecule has 0 amide bonds. The molecule has 1 aromatic heterocycles. The van der Waals surface area contributed by atoms with Gasteiger partial charge in [-0.25, -0.2) is 0 Å². The third kappa shape index (κ3) is 1.68. The van der Waals surface area contributed by atoms with Crippen molar-refractivity contribution in [1.29, 1.82) is 0 Å². The lowest BCUT2D eigenvalue weighted by Crippen LogP contribution is -2.45. The summed E-state index contributed by atoms with van der Waals surface area (Å²) in [6, 6.07) is 12.9. The molecular weight excluding hydrogens is 248 g/mol. The van der Waals surface area contributed by atoms with Crippen LogP contribution in [0.4, 0.5) is 0 Å². The summed E-state index contributed by atoms with van der Waals surface area (Å²) in [5, 5.41) is 0. The fraction of sp³-hybridized carbons (Fsp3) is 0.444. The van der Waals surface area contributed by atoms with Crippen LogP contribution in [0.25, 0.3) is 0 Å². The van der Waals surface area contributed by atoms with Crippen LogP contribution in [0.15, 0.2) is 47.1 Å². The van der Waals surface area contributed by atoms with Gasteiger partial charge in [0, 0.05) is 18.4 Å². The second-order valence-electron chi connectivity index (χ2n) is 6.27. The molecule has 20 heavy (non-hydrogen) atoms. The van der Waals surface area contributed by atoms with Crippen LogP contribution in [-0.2, 0) is 16.6 Å². The molecule has 2 heterocycles. The van der Waals surface area contributed by atoms with Gasteiger partial charge < -0.3 is 9.15 Å². The number of fused-ring (bicyclic) bond motifs is 3. The summed E-state index contributed by atoms with van der Waals surface area (Å²) in [6.07, 6.45) is 5.35. The normalized spacial score (nSPS) is 32.5. The molecule has 1 fully saturated rings. The quantitative estimate of drug-likeness (QED) is 0.771. The van der Waals surface area contributed by atoms with Crippen molar-refractivity contribution in [2.75, 3.05) is 6.61 Å². The molecule has 2 aliphatic rings. The van der Waals surface area contributed by atoms with Crippen LogP contribution >= 0.6 is 0 Å². The molecular formula is C18H20O2. The average Bonchev–Trinajstić information content (AvgIpc) is 2.97. The van der Waals surface area contributed by atoms with E-state index in [4.69, 9.17) is 9.15 Å². The van der Waals surface area contributed by atoms with E-state index in [1.54, 1.807) is 0 Å². The molecule has 104 valence electrons. The minimum Gasteiger partial charge on any atom is -0.469 e. The Labute approximate surface area is 119 Å². The van der Waals surface area contributed by atoms with Gasteiger partial charge in [0.05, 0.1) is 12.4 Å². The van der Waals surface area contributed by atoms with E-state index in [-0.39, 0.29) is 11.5 Å². The lowest BCUT2D eigenvalue weighted by atomic mass is 9.61. The van der Waals surface area contributed by atoms with Gasteiger partial charge in [0.25, 0.3) is 0 Å². The molecule has 1 saturated heterocycles. The predicted octanol–water partition coefficient (Wildman–Crippen LogP) is 4.26. The molecule has 3 atom stereocenters. The highest BCUT2D eigenvalue weighted by atomic mass is 16.5. The minimum atomic E-state index is 0.194. The Kier molecular flexibility index (Phi) is 2.74. The summed E-state index contributed by atoms with van der Waals surface area (Å²) in [6.45, 7) is 3.22. The number of aryl methyl sites for hydroxylation is 1. The van der Waals surface area contributed by atoms with E-state index in [0.717, 1.165) is 25.9 Å². The van der Waals surface area contributed by atoms with Crippen LogP contribution in [0.1, 0.15) is 42.8 Å². The summed E-state index contributed by atoms with van der Waals surface area (Å²) in [4.78, 5) is 0. The molecule has 0 unspecified atom stereocenters. The lowest BCUT2D eigenvalue weighted by Gasteiger charge is -2.48. The Morgan fingerprint density at radius 2 is 2.00 bits per heavy atom. The first-order valence-electron chi connectivity index (χ1n) is 7.52. The summed E-state index contributed by atoms with van der Waals surface area (Å²) in [5.74, 6) is 1.74. The van der Waals surface area contributed by atoms with Gasteiger partial charge in [-0.3, -0.25) is 0 Å². The highest BCUT2D eigenvalue weighted by Gasteiger charge is 2.48. The van der Waals surface area contributed by atoms with Crippen LogP contribution in [0.5, 0.6) is 0 Å². The molecule has 1 aliphatic carbocycles. The van der Waals surface area contributed by atoms with Gasteiger partial charge in [0.15, 0.2) is 0 Å². The third-order valence-corrected chi connectivity index (χ3v) is 5.27. The Balaban J connectivity index is 1.76. The van der Waals surface area contributed by atoms with Crippen LogP contribution in [-0.4, -0.2) is 6.61 Å². The predicted molar refractivity (Wildman–Crippen MR) is 77.6 cm³/mol. The van der Waals surface area contributed by atoms with Crippen molar-refractivity contribution in [3.63, 3.8) is 0 Å². The standard InChI is InChI=1S/C18H20O2/c1-18-10-12-20-17(13-5-3-2-4-6-13)15(18)7-8-16-14(18)9-11-19-16/h2-6,9,11,15,17H,7-8,10,12H2,1H3/t15-,17-,18+/m0/s1. The fourth-order valence-corrected chi connectivity index (χ4v) is 4.14. The number of rotatable bonds is 1. The van der Waals surface area contributed by atoms with Crippen LogP contribution in [0, 0.1) is 5.92 Å². The smallest absolute Gasteiger partial charge is 0.107 e. The van der Waals surface area contributed by atoms with Crippen molar-refractivity contribution < 1.29 is 9.15 Å². The number of hydrogen-bond acceptors (Lipinski definition) is 2. The molecule has 0 radical (unpaired) electrons. The summed E-state index contributed by atoms with van der Waals surface area (Å²) >= 11 is 0. The van der Waals surface area contributed by atoms with Crippen molar-refractivity contribution in [2.24, 2.45) is 5.92 Å². The van der Waals surface area contributed by atoms with E-state index in [0.29, 0.717) is 5.92 Å². The first kappa shape index (κ1) is 12.2. The van der Waals surface area contributed by atoms with E-state index >= 15 is 0 Å². The van der Waals surface area contributed by atoms with Crippen LogP contribution in [0.2, 0.25) is 0 Å². The average molecular weight is 268 g/mol. The molecule has 1 aliphatic heterocycles. The second kappa shape index (κ2) is 4.49. The van der Waals surface area contributed by atoms with Gasteiger partial charge in [0.1, 0.15) is 5.76 Å². The summed E-state index contributed by atoms with van der Waals surface area (Å²) < 4.78 is 11.8. The van der Waals surface area contributed by atoms with Gasteiger partial charge >= 0.3 is 0 Å². The van der Waals surface area contributed by atoms with Gasteiger partial charge in [-0.2, -0.15) is 0 Å². The highest BCUT2D eigenvalue weighted by Crippen LogP contribution is 2.53. The Morgan fingerprint density at radius 1 is 1.15 bits per heavy atom. The summed E-state index contributed by atoms with van der Waals surface area (Å²) in [7, 11) is 0. The number of furan rings is 1. The lowest BCUT2D eigenvalue weighted by molar-refractivity contribution is -0.0764. The molecule has 4 rings (SSSR count). The molecule has 0 spiro atoms. The van der Waals surface area contributed by atoms with Crippen molar-refractivity contribution in [3.8, 4) is 0 Å². The molecule has 2 heteroatoms. The van der Waals surface area contributed by atoms with Gasteiger partial charge in [0.2, 0.25) is 0 Å². The molecule has 1 aromatic carbocycles. The van der Waals surface area contributed by atoms with Crippen molar-refractivity contribution in [2.45, 2.75) is 37.7 Å². The zero-order chi connectivity index (χ0) is 13.6. The molecule has 2 nitrogen and oxygen atoms in total. The first-order valence-corrected chi connectivity index (χ1v) is 7.52. The van der Waals surface area contributed by atoms with Crippen molar-refractivity contribution in [1.82, 2.24) is 0 Å². The van der Waals surface area contributed by atoms with Gasteiger partial charge in [-0.05, 0) is 36.0 Å². The Bertz CT molecular complexity index is 601. The van der Waals surface area contributed by atoms with E-state index in [1.807, 2.05) is 6.26 Å². The SMILES string of the molecule is C[C@]12CCO[C@@H](c3ccccc3)[C@@H]1CCc1occc12. The van der Waals surface area contributed by atoms with Gasteiger partial charge in [-0.15, -0.1) is 0 Å². The number of benzene rings is 1. The fourth-order valence-electron chi connectivity index (χ4n) is 4.14. The van der Waals surface area contributed by atoms with Crippen molar-refractivity contribution in [3.05, 3.63) is 59.5 Å². The monoisotopic (exact) mass is 268 g/mol. The molecule has 2 aromatic rings. The topological polar surface area (TPSA) is 22.4 Å². The van der Waals surface area contributed by atoms with Crippen LogP contribution in [0.3, 0.4) is 0 Å². The number of hydrogen-bond donors (Lipinski definition) is 0. The van der Waals surface area contributed by atoms with E-state index in [9.17, 15) is 0 Å². The maximum absolute atomic E-state index is 6.16. The Hall–Kier alpha value is -1.54. The maximum Gasteiger partial charge on any atom is 0.107 e. The van der Waals surface area contributed by atoms with Crippen molar-refractivity contribution >= 4 is 0 Å². The van der Waals surface area contributed by atoms with E-state index < -0.39 is 0 Å². The Morgan fingerprint density at radius 3 is 2.85 bits per heavy atom.